The van der Waals surface area contributed by atoms with Crippen molar-refractivity contribution in [3.8, 4) is 0 Å². The minimum Gasteiger partial charge on any atom is -0.352 e. The van der Waals surface area contributed by atoms with E-state index in [-0.39, 0.29) is 11.9 Å². The molecule has 0 saturated carbocycles. The Morgan fingerprint density at radius 2 is 1.95 bits per heavy atom. The molecule has 0 aliphatic heterocycles. The molecule has 2 aromatic carbocycles. The molecule has 2 aromatic rings. The predicted octanol–water partition coefficient (Wildman–Crippen LogP) is 2.58. The van der Waals surface area contributed by atoms with Gasteiger partial charge in [0.1, 0.15) is 0 Å². The lowest BCUT2D eigenvalue weighted by molar-refractivity contribution is -0.121. The zero-order valence-electron chi connectivity index (χ0n) is 11.2. The molecule has 0 saturated heterocycles. The highest BCUT2D eigenvalue weighted by molar-refractivity contribution is 5.86. The van der Waals surface area contributed by atoms with E-state index in [0.29, 0.717) is 13.0 Å². The van der Waals surface area contributed by atoms with Gasteiger partial charge in [0.05, 0.1) is 0 Å². The molecule has 3 N–H and O–H groups in total. The number of nitrogens with two attached hydrogens (primary N) is 1. The molecule has 2 rings (SSSR count). The Balaban J connectivity index is 2.04. The van der Waals surface area contributed by atoms with Gasteiger partial charge in [0, 0.05) is 19.0 Å². The molecule has 0 bridgehead atoms. The monoisotopic (exact) mass is 256 g/mol. The molecule has 3 nitrogen and oxygen atoms in total. The maximum Gasteiger partial charge on any atom is 0.221 e. The second-order valence-electron chi connectivity index (χ2n) is 4.79. The normalized spacial score (nSPS) is 12.3. The van der Waals surface area contributed by atoms with Crippen LogP contribution in [0.25, 0.3) is 10.8 Å². The predicted molar refractivity (Wildman–Crippen MR) is 78.7 cm³/mol. The molecule has 0 fully saturated rings. The Hall–Kier alpha value is -1.87. The van der Waals surface area contributed by atoms with E-state index in [1.807, 2.05) is 31.2 Å². The molecule has 0 aliphatic rings. The van der Waals surface area contributed by atoms with Crippen LogP contribution in [0.5, 0.6) is 0 Å². The fourth-order valence-electron chi connectivity index (χ4n) is 2.10. The fraction of sp³-hybridized carbons (Fsp3) is 0.312. The molecule has 0 heterocycles. The minimum absolute atomic E-state index is 0.0160. The van der Waals surface area contributed by atoms with Gasteiger partial charge in [-0.25, -0.2) is 0 Å². The van der Waals surface area contributed by atoms with Crippen LogP contribution < -0.4 is 11.1 Å². The van der Waals surface area contributed by atoms with Crippen LogP contribution in [0.3, 0.4) is 0 Å². The Morgan fingerprint density at radius 3 is 2.74 bits per heavy atom. The lowest BCUT2D eigenvalue weighted by Gasteiger charge is -2.11. The first-order chi connectivity index (χ1) is 9.20. The number of hydrogen-bond donors (Lipinski definition) is 2. The van der Waals surface area contributed by atoms with E-state index in [2.05, 4.69) is 23.5 Å². The number of carbonyl (C=O) groups excluding carboxylic acids is 1. The third kappa shape index (κ3) is 3.55. The molecule has 19 heavy (non-hydrogen) atoms. The van der Waals surface area contributed by atoms with Gasteiger partial charge in [0.2, 0.25) is 5.91 Å². The molecule has 100 valence electrons. The van der Waals surface area contributed by atoms with E-state index in [1.54, 1.807) is 0 Å². The number of nitrogens with one attached hydrogen (secondary N) is 1. The SMILES string of the molecule is CCC(N)CC(=O)NCc1cccc2ccccc12. The van der Waals surface area contributed by atoms with E-state index >= 15 is 0 Å². The molecule has 1 amide bonds. The number of amides is 1. The van der Waals surface area contributed by atoms with E-state index in [9.17, 15) is 4.79 Å². The molecule has 0 spiro atoms. The summed E-state index contributed by atoms with van der Waals surface area (Å²) in [7, 11) is 0. The fourth-order valence-corrected chi connectivity index (χ4v) is 2.10. The summed E-state index contributed by atoms with van der Waals surface area (Å²) >= 11 is 0. The third-order valence-corrected chi connectivity index (χ3v) is 3.33. The van der Waals surface area contributed by atoms with Gasteiger partial charge in [-0.2, -0.15) is 0 Å². The Labute approximate surface area is 113 Å². The second-order valence-corrected chi connectivity index (χ2v) is 4.79. The standard InChI is InChI=1S/C16H20N2O/c1-2-14(17)10-16(19)18-11-13-8-5-7-12-6-3-4-9-15(12)13/h3-9,14H,2,10-11,17H2,1H3,(H,18,19). The van der Waals surface area contributed by atoms with Crippen molar-refractivity contribution in [2.45, 2.75) is 32.4 Å². The van der Waals surface area contributed by atoms with Gasteiger partial charge in [-0.1, -0.05) is 49.4 Å². The zero-order chi connectivity index (χ0) is 13.7. The highest BCUT2D eigenvalue weighted by atomic mass is 16.1. The van der Waals surface area contributed by atoms with Crippen LogP contribution in [0.2, 0.25) is 0 Å². The van der Waals surface area contributed by atoms with Crippen molar-refractivity contribution >= 4 is 16.7 Å². The van der Waals surface area contributed by atoms with Gasteiger partial charge in [-0.15, -0.1) is 0 Å². The maximum absolute atomic E-state index is 11.7. The lowest BCUT2D eigenvalue weighted by atomic mass is 10.0. The van der Waals surface area contributed by atoms with E-state index in [1.165, 1.54) is 10.8 Å². The summed E-state index contributed by atoms with van der Waals surface area (Å²) in [5.41, 5.74) is 6.91. The van der Waals surface area contributed by atoms with Gasteiger partial charge in [0.25, 0.3) is 0 Å². The number of rotatable bonds is 5. The van der Waals surface area contributed by atoms with Crippen LogP contribution in [0.15, 0.2) is 42.5 Å². The van der Waals surface area contributed by atoms with Gasteiger partial charge in [-0.05, 0) is 22.8 Å². The van der Waals surface area contributed by atoms with Crippen LogP contribution in [-0.4, -0.2) is 11.9 Å². The summed E-state index contributed by atoms with van der Waals surface area (Å²) in [6.07, 6.45) is 1.21. The van der Waals surface area contributed by atoms with Gasteiger partial charge >= 0.3 is 0 Å². The molecule has 0 radical (unpaired) electrons. The summed E-state index contributed by atoms with van der Waals surface area (Å²) in [5.74, 6) is 0.0160. The van der Waals surface area contributed by atoms with Crippen molar-refractivity contribution in [1.82, 2.24) is 5.32 Å². The largest absolute Gasteiger partial charge is 0.352 e. The van der Waals surface area contributed by atoms with Crippen molar-refractivity contribution in [3.63, 3.8) is 0 Å². The Bertz CT molecular complexity index is 560. The van der Waals surface area contributed by atoms with Crippen molar-refractivity contribution in [1.29, 1.82) is 0 Å². The maximum atomic E-state index is 11.7. The lowest BCUT2D eigenvalue weighted by Crippen LogP contribution is -2.30. The topological polar surface area (TPSA) is 55.1 Å². The van der Waals surface area contributed by atoms with Crippen LogP contribution in [0, 0.1) is 0 Å². The van der Waals surface area contributed by atoms with Crippen molar-refractivity contribution in [3.05, 3.63) is 48.0 Å². The molecular weight excluding hydrogens is 236 g/mol. The van der Waals surface area contributed by atoms with E-state index in [4.69, 9.17) is 5.73 Å². The first kappa shape index (κ1) is 13.6. The summed E-state index contributed by atoms with van der Waals surface area (Å²) in [6, 6.07) is 14.3. The average molecular weight is 256 g/mol. The summed E-state index contributed by atoms with van der Waals surface area (Å²) in [5, 5.41) is 5.32. The van der Waals surface area contributed by atoms with Gasteiger partial charge in [-0.3, -0.25) is 4.79 Å². The molecule has 1 atom stereocenters. The van der Waals surface area contributed by atoms with Gasteiger partial charge in [0.15, 0.2) is 0 Å². The summed E-state index contributed by atoms with van der Waals surface area (Å²) in [6.45, 7) is 2.54. The zero-order valence-corrected chi connectivity index (χ0v) is 11.2. The summed E-state index contributed by atoms with van der Waals surface area (Å²) in [4.78, 5) is 11.7. The number of fused-ring (bicyclic) bond motifs is 1. The van der Waals surface area contributed by atoms with Crippen LogP contribution >= 0.6 is 0 Å². The Morgan fingerprint density at radius 1 is 1.21 bits per heavy atom. The van der Waals surface area contributed by atoms with Crippen molar-refractivity contribution in [2.24, 2.45) is 5.73 Å². The number of carbonyl (C=O) groups is 1. The highest BCUT2D eigenvalue weighted by Crippen LogP contribution is 2.18. The average Bonchev–Trinajstić information content (AvgIpc) is 2.44. The Kier molecular flexibility index (Phi) is 4.53. The highest BCUT2D eigenvalue weighted by Gasteiger charge is 2.07. The molecule has 3 heteroatoms. The van der Waals surface area contributed by atoms with Crippen LogP contribution in [-0.2, 0) is 11.3 Å². The number of benzene rings is 2. The first-order valence-corrected chi connectivity index (χ1v) is 6.69. The van der Waals surface area contributed by atoms with Gasteiger partial charge < -0.3 is 11.1 Å². The van der Waals surface area contributed by atoms with Crippen molar-refractivity contribution < 1.29 is 4.79 Å². The molecule has 1 unspecified atom stereocenters. The third-order valence-electron chi connectivity index (χ3n) is 3.33. The number of hydrogen-bond acceptors (Lipinski definition) is 2. The van der Waals surface area contributed by atoms with Crippen LogP contribution in [0.4, 0.5) is 0 Å². The molecule has 0 aliphatic carbocycles. The minimum atomic E-state index is -0.0486. The second kappa shape index (κ2) is 6.34. The quantitative estimate of drug-likeness (QED) is 0.864. The van der Waals surface area contributed by atoms with Crippen molar-refractivity contribution in [2.75, 3.05) is 0 Å². The molecule has 0 aromatic heterocycles. The smallest absolute Gasteiger partial charge is 0.221 e. The summed E-state index contributed by atoms with van der Waals surface area (Å²) < 4.78 is 0. The molecular formula is C16H20N2O. The van der Waals surface area contributed by atoms with E-state index < -0.39 is 0 Å². The van der Waals surface area contributed by atoms with Crippen LogP contribution in [0.1, 0.15) is 25.3 Å². The first-order valence-electron chi connectivity index (χ1n) is 6.69. The van der Waals surface area contributed by atoms with E-state index in [0.717, 1.165) is 12.0 Å².